The Balaban J connectivity index is 0.00000128. The minimum Gasteiger partial charge on any atom is -0.461 e. The van der Waals surface area contributed by atoms with E-state index in [9.17, 15) is 4.79 Å². The number of para-hydroxylation sites is 1. The van der Waals surface area contributed by atoms with Gasteiger partial charge in [0.1, 0.15) is 6.10 Å². The molecule has 0 radical (unpaired) electrons. The average molecular weight is 473 g/mol. The van der Waals surface area contributed by atoms with Gasteiger partial charge in [0.2, 0.25) is 0 Å². The fourth-order valence-electron chi connectivity index (χ4n) is 4.88. The van der Waals surface area contributed by atoms with Crippen LogP contribution in [0.2, 0.25) is 0 Å². The number of benzene rings is 1. The number of hydrogen-bond acceptors (Lipinski definition) is 7. The first kappa shape index (κ1) is 23.5. The second-order valence-electron chi connectivity index (χ2n) is 8.37. The Bertz CT molecular complexity index is 825. The molecule has 3 saturated heterocycles. The predicted molar refractivity (Wildman–Crippen MR) is 126 cm³/mol. The van der Waals surface area contributed by atoms with Crippen molar-refractivity contribution in [3.63, 3.8) is 0 Å². The van der Waals surface area contributed by atoms with Crippen molar-refractivity contribution in [3.05, 3.63) is 24.3 Å². The van der Waals surface area contributed by atoms with Crippen molar-refractivity contribution in [2.75, 3.05) is 50.7 Å². The van der Waals surface area contributed by atoms with Crippen molar-refractivity contribution in [2.45, 2.75) is 31.8 Å². The maximum absolute atomic E-state index is 12.5. The SMILES string of the molecule is Cl.Cl.O=C1OC(CN2CCCN(c3nc4ccccc4s3)CC2)CC12CCNCC2. The normalized spacial score (nSPS) is 24.2. The Morgan fingerprint density at radius 2 is 1.93 bits per heavy atom. The number of rotatable bonds is 3. The summed E-state index contributed by atoms with van der Waals surface area (Å²) in [5.74, 6) is 0.0462. The fraction of sp³-hybridized carbons (Fsp3) is 0.619. The first-order valence-electron chi connectivity index (χ1n) is 10.5. The van der Waals surface area contributed by atoms with Gasteiger partial charge in [0.25, 0.3) is 0 Å². The van der Waals surface area contributed by atoms with Crippen LogP contribution in [0.15, 0.2) is 24.3 Å². The number of piperidine rings is 1. The molecule has 166 valence electrons. The molecule has 9 heteroatoms. The van der Waals surface area contributed by atoms with Crippen molar-refractivity contribution >= 4 is 57.5 Å². The zero-order valence-corrected chi connectivity index (χ0v) is 19.5. The number of fused-ring (bicyclic) bond motifs is 1. The Morgan fingerprint density at radius 1 is 1.13 bits per heavy atom. The van der Waals surface area contributed by atoms with Gasteiger partial charge in [-0.25, -0.2) is 4.98 Å². The molecule has 1 aromatic heterocycles. The van der Waals surface area contributed by atoms with E-state index in [2.05, 4.69) is 33.3 Å². The number of nitrogens with zero attached hydrogens (tertiary/aromatic N) is 3. The Kier molecular flexibility index (Phi) is 7.85. The molecule has 1 N–H and O–H groups in total. The number of anilines is 1. The molecule has 0 aliphatic carbocycles. The summed E-state index contributed by atoms with van der Waals surface area (Å²) in [6, 6.07) is 8.36. The van der Waals surface area contributed by atoms with E-state index >= 15 is 0 Å². The molecule has 0 saturated carbocycles. The highest BCUT2D eigenvalue weighted by atomic mass is 35.5. The number of nitrogens with one attached hydrogen (secondary N) is 1. The quantitative estimate of drug-likeness (QED) is 0.691. The fourth-order valence-corrected chi connectivity index (χ4v) is 5.90. The molecule has 2 aromatic rings. The van der Waals surface area contributed by atoms with Crippen molar-refractivity contribution in [2.24, 2.45) is 5.41 Å². The van der Waals surface area contributed by atoms with Crippen molar-refractivity contribution < 1.29 is 9.53 Å². The maximum atomic E-state index is 12.5. The van der Waals surface area contributed by atoms with Gasteiger partial charge in [0.15, 0.2) is 5.13 Å². The highest BCUT2D eigenvalue weighted by molar-refractivity contribution is 7.22. The predicted octanol–water partition coefficient (Wildman–Crippen LogP) is 3.34. The largest absolute Gasteiger partial charge is 0.461 e. The maximum Gasteiger partial charge on any atom is 0.312 e. The minimum absolute atomic E-state index is 0. The summed E-state index contributed by atoms with van der Waals surface area (Å²) in [4.78, 5) is 22.2. The molecule has 3 aliphatic rings. The summed E-state index contributed by atoms with van der Waals surface area (Å²) in [5.41, 5.74) is 0.878. The van der Waals surface area contributed by atoms with Crippen LogP contribution in [0.5, 0.6) is 0 Å². The average Bonchev–Trinajstić information content (AvgIpc) is 3.16. The first-order chi connectivity index (χ1) is 13.7. The number of carbonyl (C=O) groups excluding carboxylic acids is 1. The number of hydrogen-bond donors (Lipinski definition) is 1. The van der Waals surface area contributed by atoms with Crippen LogP contribution >= 0.6 is 36.2 Å². The van der Waals surface area contributed by atoms with Gasteiger partial charge in [-0.2, -0.15) is 0 Å². The van der Waals surface area contributed by atoms with Crippen molar-refractivity contribution in [1.82, 2.24) is 15.2 Å². The molecule has 3 aliphatic heterocycles. The number of thiazole rings is 1. The van der Waals surface area contributed by atoms with E-state index in [4.69, 9.17) is 9.72 Å². The van der Waals surface area contributed by atoms with Crippen LogP contribution in [0, 0.1) is 5.41 Å². The molecule has 1 spiro atoms. The number of cyclic esters (lactones) is 1. The first-order valence-corrected chi connectivity index (χ1v) is 11.3. The molecule has 0 bridgehead atoms. The van der Waals surface area contributed by atoms with Crippen molar-refractivity contribution in [3.8, 4) is 0 Å². The van der Waals surface area contributed by atoms with E-state index < -0.39 is 0 Å². The van der Waals surface area contributed by atoms with E-state index in [-0.39, 0.29) is 42.3 Å². The summed E-state index contributed by atoms with van der Waals surface area (Å²) >= 11 is 1.78. The monoisotopic (exact) mass is 472 g/mol. The molecule has 6 nitrogen and oxygen atoms in total. The van der Waals surface area contributed by atoms with Gasteiger partial charge >= 0.3 is 5.97 Å². The highest BCUT2D eigenvalue weighted by Crippen LogP contribution is 2.41. The molecular formula is C21H30Cl2N4O2S. The van der Waals surface area contributed by atoms with Gasteiger partial charge in [-0.05, 0) is 44.5 Å². The summed E-state index contributed by atoms with van der Waals surface area (Å²) in [7, 11) is 0. The Labute approximate surface area is 194 Å². The zero-order chi connectivity index (χ0) is 19.0. The molecule has 5 rings (SSSR count). The van der Waals surface area contributed by atoms with Crippen molar-refractivity contribution in [1.29, 1.82) is 0 Å². The molecule has 0 amide bonds. The minimum atomic E-state index is -0.213. The summed E-state index contributed by atoms with van der Waals surface area (Å²) < 4.78 is 7.07. The van der Waals surface area contributed by atoms with Gasteiger partial charge in [-0.1, -0.05) is 23.5 Å². The summed E-state index contributed by atoms with van der Waals surface area (Å²) in [6.45, 7) is 6.81. The van der Waals surface area contributed by atoms with Gasteiger partial charge in [-0.15, -0.1) is 24.8 Å². The van der Waals surface area contributed by atoms with Gasteiger partial charge in [0, 0.05) is 39.1 Å². The number of esters is 1. The van der Waals surface area contributed by atoms with E-state index in [1.54, 1.807) is 11.3 Å². The molecular weight excluding hydrogens is 443 g/mol. The van der Waals surface area contributed by atoms with E-state index in [1.807, 2.05) is 6.07 Å². The van der Waals surface area contributed by atoms with Gasteiger partial charge < -0.3 is 15.0 Å². The number of aromatic nitrogens is 1. The Hall–Kier alpha value is -1.12. The van der Waals surface area contributed by atoms with E-state index in [1.165, 1.54) is 4.70 Å². The van der Waals surface area contributed by atoms with Crippen LogP contribution in [0.1, 0.15) is 25.7 Å². The standard InChI is InChI=1S/C21H28N4O2S.2ClH/c26-19-21(6-8-22-9-7-21)14-16(27-19)15-24-10-3-11-25(13-12-24)20-23-17-4-1-2-5-18(17)28-20;;/h1-2,4-5,16,22H,3,6-15H2;2*1H. The zero-order valence-electron chi connectivity index (χ0n) is 17.0. The second kappa shape index (κ2) is 10.0. The van der Waals surface area contributed by atoms with Crippen LogP contribution in [-0.4, -0.2) is 67.8 Å². The van der Waals surface area contributed by atoms with E-state index in [0.29, 0.717) is 0 Å². The second-order valence-corrected chi connectivity index (χ2v) is 9.38. The van der Waals surface area contributed by atoms with Crippen LogP contribution in [0.4, 0.5) is 5.13 Å². The summed E-state index contributed by atoms with van der Waals surface area (Å²) in [5, 5.41) is 4.49. The number of halogens is 2. The van der Waals surface area contributed by atoms with E-state index in [0.717, 1.165) is 82.1 Å². The van der Waals surface area contributed by atoms with Gasteiger partial charge in [0.05, 0.1) is 15.6 Å². The number of carbonyl (C=O) groups is 1. The molecule has 1 unspecified atom stereocenters. The lowest BCUT2D eigenvalue weighted by Crippen LogP contribution is -2.40. The van der Waals surface area contributed by atoms with Crippen LogP contribution < -0.4 is 10.2 Å². The molecule has 30 heavy (non-hydrogen) atoms. The third kappa shape index (κ3) is 4.70. The lowest BCUT2D eigenvalue weighted by molar-refractivity contribution is -0.150. The highest BCUT2D eigenvalue weighted by Gasteiger charge is 2.49. The van der Waals surface area contributed by atoms with Gasteiger partial charge in [-0.3, -0.25) is 9.69 Å². The topological polar surface area (TPSA) is 57.7 Å². The lowest BCUT2D eigenvalue weighted by atomic mass is 9.76. The third-order valence-electron chi connectivity index (χ3n) is 6.49. The van der Waals surface area contributed by atoms with Crippen LogP contribution in [0.3, 0.4) is 0 Å². The Morgan fingerprint density at radius 3 is 2.73 bits per heavy atom. The van der Waals surface area contributed by atoms with Crippen LogP contribution in [0.25, 0.3) is 10.2 Å². The molecule has 3 fully saturated rings. The third-order valence-corrected chi connectivity index (χ3v) is 7.59. The molecule has 1 aromatic carbocycles. The smallest absolute Gasteiger partial charge is 0.312 e. The lowest BCUT2D eigenvalue weighted by Gasteiger charge is -2.29. The molecule has 1 atom stereocenters. The number of ether oxygens (including phenoxy) is 1. The molecule has 4 heterocycles. The summed E-state index contributed by atoms with van der Waals surface area (Å²) in [6.07, 6.45) is 3.91. The van der Waals surface area contributed by atoms with Crippen LogP contribution in [-0.2, 0) is 9.53 Å².